The van der Waals surface area contributed by atoms with Crippen LogP contribution in [0.2, 0.25) is 5.02 Å². The molecule has 41 heavy (non-hydrogen) atoms. The fourth-order valence-corrected chi connectivity index (χ4v) is 4.98. The van der Waals surface area contributed by atoms with Crippen LogP contribution in [0.4, 0.5) is 8.78 Å². The smallest absolute Gasteiger partial charge is 0.277 e. The maximum atomic E-state index is 14.2. The minimum atomic E-state index is -2.89. The zero-order valence-corrected chi connectivity index (χ0v) is 23.3. The molecule has 2 amide bonds. The Morgan fingerprint density at radius 2 is 1.83 bits per heavy atom. The van der Waals surface area contributed by atoms with Gasteiger partial charge in [0.1, 0.15) is 28.8 Å². The zero-order valence-electron chi connectivity index (χ0n) is 24.5. The largest absolute Gasteiger partial charge is 0.485 e. The third-order valence-corrected chi connectivity index (χ3v) is 7.07. The standard InChI is InChI=1S/C29H24ClF2N5O4/c1-14-11-33-21(20-7-6-18-26(35-20)29(4,5)37(16(3)38)27(18)39)10-23(14)36-15(2)8-24(25(30)28(36)40)41-13-22-19(32)9-17(31)12-34-22/h6-12H,13H2,1-5H3/i13D2. The monoisotopic (exact) mass is 581 g/mol. The fourth-order valence-electron chi connectivity index (χ4n) is 4.80. The van der Waals surface area contributed by atoms with Gasteiger partial charge in [0.05, 0.1) is 42.8 Å². The van der Waals surface area contributed by atoms with Gasteiger partial charge in [-0.1, -0.05) is 11.6 Å². The summed E-state index contributed by atoms with van der Waals surface area (Å²) in [5.41, 5.74) is 0.175. The third-order valence-electron chi connectivity index (χ3n) is 6.73. The summed E-state index contributed by atoms with van der Waals surface area (Å²) in [6.07, 6.45) is 2.17. The van der Waals surface area contributed by atoms with Crippen molar-refractivity contribution in [3.8, 4) is 22.8 Å². The van der Waals surface area contributed by atoms with Crippen molar-refractivity contribution >= 4 is 23.4 Å². The Balaban J connectivity index is 1.56. The van der Waals surface area contributed by atoms with Crippen LogP contribution in [0, 0.1) is 25.5 Å². The van der Waals surface area contributed by atoms with E-state index in [1.54, 1.807) is 45.9 Å². The Bertz CT molecular complexity index is 1910. The summed E-state index contributed by atoms with van der Waals surface area (Å²) in [4.78, 5) is 52.3. The number of fused-ring (bicyclic) bond motifs is 1. The van der Waals surface area contributed by atoms with Gasteiger partial charge >= 0.3 is 0 Å². The van der Waals surface area contributed by atoms with E-state index in [1.165, 1.54) is 23.8 Å². The Morgan fingerprint density at radius 3 is 2.51 bits per heavy atom. The van der Waals surface area contributed by atoms with Gasteiger partial charge < -0.3 is 4.74 Å². The topological polar surface area (TPSA) is 107 Å². The lowest BCUT2D eigenvalue weighted by Gasteiger charge is -2.28. The second-order valence-corrected chi connectivity index (χ2v) is 10.3. The first-order valence-corrected chi connectivity index (χ1v) is 12.7. The van der Waals surface area contributed by atoms with E-state index in [0.29, 0.717) is 51.9 Å². The van der Waals surface area contributed by atoms with Gasteiger partial charge in [0.2, 0.25) is 5.91 Å². The highest BCUT2D eigenvalue weighted by molar-refractivity contribution is 6.31. The van der Waals surface area contributed by atoms with Crippen LogP contribution in [0.15, 0.2) is 47.5 Å². The summed E-state index contributed by atoms with van der Waals surface area (Å²) < 4.78 is 50.4. The summed E-state index contributed by atoms with van der Waals surface area (Å²) in [5, 5.41) is -0.491. The summed E-state index contributed by atoms with van der Waals surface area (Å²) in [7, 11) is 0. The molecular formula is C29H24ClF2N5O4. The molecule has 9 nitrogen and oxygen atoms in total. The van der Waals surface area contributed by atoms with E-state index < -0.39 is 51.8 Å². The highest BCUT2D eigenvalue weighted by atomic mass is 35.5. The molecule has 0 radical (unpaired) electrons. The molecule has 12 heteroatoms. The molecule has 1 aliphatic heterocycles. The molecule has 0 unspecified atom stereocenters. The molecule has 0 spiro atoms. The van der Waals surface area contributed by atoms with Crippen molar-refractivity contribution in [2.75, 3.05) is 0 Å². The van der Waals surface area contributed by atoms with E-state index in [4.69, 9.17) is 19.1 Å². The van der Waals surface area contributed by atoms with Gasteiger partial charge in [-0.15, -0.1) is 0 Å². The average Bonchev–Trinajstić information content (AvgIpc) is 3.12. The number of nitrogens with zero attached hydrogens (tertiary/aromatic N) is 5. The summed E-state index contributed by atoms with van der Waals surface area (Å²) >= 11 is 6.34. The number of halogens is 3. The number of carbonyl (C=O) groups is 2. The minimum Gasteiger partial charge on any atom is -0.485 e. The quantitative estimate of drug-likeness (QED) is 0.324. The summed E-state index contributed by atoms with van der Waals surface area (Å²) in [6, 6.07) is 6.56. The third kappa shape index (κ3) is 4.76. The molecule has 0 aliphatic carbocycles. The van der Waals surface area contributed by atoms with Gasteiger partial charge in [0.25, 0.3) is 11.5 Å². The van der Waals surface area contributed by atoms with Crippen LogP contribution in [0.25, 0.3) is 17.1 Å². The molecule has 1 aliphatic rings. The SMILES string of the molecule is [2H]C([2H])(Oc1cc(C)n(-c2cc(-c3ccc4c(n3)C(C)(C)N(C(C)=O)C4=O)ncc2C)c(=O)c1Cl)c1ncc(F)cc1F. The van der Waals surface area contributed by atoms with Crippen LogP contribution >= 0.6 is 11.6 Å². The molecule has 210 valence electrons. The Morgan fingerprint density at radius 1 is 1.10 bits per heavy atom. The molecule has 4 aromatic rings. The molecule has 0 atom stereocenters. The van der Waals surface area contributed by atoms with E-state index in [9.17, 15) is 23.2 Å². The number of rotatable bonds is 5. The first kappa shape index (κ1) is 25.5. The number of aromatic nitrogens is 4. The predicted molar refractivity (Wildman–Crippen MR) is 146 cm³/mol. The first-order valence-electron chi connectivity index (χ1n) is 13.3. The molecular weight excluding hydrogens is 556 g/mol. The molecule has 0 fully saturated rings. The van der Waals surface area contributed by atoms with Gasteiger partial charge in [-0.05, 0) is 51.5 Å². The van der Waals surface area contributed by atoms with E-state index in [1.807, 2.05) is 0 Å². The van der Waals surface area contributed by atoms with Crippen LogP contribution < -0.4 is 10.3 Å². The number of hydrogen-bond acceptors (Lipinski definition) is 7. The van der Waals surface area contributed by atoms with Crippen LogP contribution in [0.3, 0.4) is 0 Å². The lowest BCUT2D eigenvalue weighted by Crippen LogP contribution is -2.42. The molecule has 5 heterocycles. The Kier molecular flexibility index (Phi) is 6.30. The number of aryl methyl sites for hydroxylation is 2. The van der Waals surface area contributed by atoms with Crippen LogP contribution in [-0.2, 0) is 16.9 Å². The summed E-state index contributed by atoms with van der Waals surface area (Å²) in [6.45, 7) is 5.16. The van der Waals surface area contributed by atoms with Crippen molar-refractivity contribution in [2.24, 2.45) is 0 Å². The van der Waals surface area contributed by atoms with Crippen LogP contribution in [-0.4, -0.2) is 36.2 Å². The van der Waals surface area contributed by atoms with Crippen LogP contribution in [0.1, 0.15) is 56.5 Å². The first-order chi connectivity index (χ1) is 20.0. The van der Waals surface area contributed by atoms with Crippen molar-refractivity contribution < 1.29 is 25.8 Å². The van der Waals surface area contributed by atoms with Crippen molar-refractivity contribution in [2.45, 2.75) is 46.7 Å². The Labute approximate surface area is 241 Å². The summed E-state index contributed by atoms with van der Waals surface area (Å²) in [5.74, 6) is -3.48. The number of imide groups is 1. The van der Waals surface area contributed by atoms with E-state index in [-0.39, 0.29) is 5.75 Å². The van der Waals surface area contributed by atoms with Crippen molar-refractivity contribution in [1.82, 2.24) is 24.4 Å². The van der Waals surface area contributed by atoms with Crippen LogP contribution in [0.5, 0.6) is 5.75 Å². The van der Waals surface area contributed by atoms with Gasteiger partial charge in [-0.3, -0.25) is 33.8 Å². The van der Waals surface area contributed by atoms with Gasteiger partial charge in [0.15, 0.2) is 5.82 Å². The molecule has 0 aromatic carbocycles. The van der Waals surface area contributed by atoms with E-state index in [2.05, 4.69) is 15.0 Å². The van der Waals surface area contributed by atoms with E-state index >= 15 is 0 Å². The molecule has 4 aromatic heterocycles. The highest BCUT2D eigenvalue weighted by Gasteiger charge is 2.46. The predicted octanol–water partition coefficient (Wildman–Crippen LogP) is 5.05. The zero-order chi connectivity index (χ0) is 31.6. The second kappa shape index (κ2) is 10.2. The highest BCUT2D eigenvalue weighted by Crippen LogP contribution is 2.38. The van der Waals surface area contributed by atoms with Crippen molar-refractivity contribution in [3.63, 3.8) is 0 Å². The van der Waals surface area contributed by atoms with Crippen molar-refractivity contribution in [1.29, 1.82) is 0 Å². The number of ether oxygens (including phenoxy) is 1. The van der Waals surface area contributed by atoms with E-state index in [0.717, 1.165) is 4.90 Å². The normalized spacial score (nSPS) is 14.9. The second-order valence-electron chi connectivity index (χ2n) is 9.96. The number of amides is 2. The van der Waals surface area contributed by atoms with Gasteiger partial charge in [-0.25, -0.2) is 13.8 Å². The van der Waals surface area contributed by atoms with Gasteiger partial charge in [-0.2, -0.15) is 0 Å². The molecule has 0 saturated carbocycles. The maximum Gasteiger partial charge on any atom is 0.277 e. The maximum absolute atomic E-state index is 14.2. The molecule has 0 N–H and O–H groups in total. The number of carbonyl (C=O) groups excluding carboxylic acids is 2. The number of hydrogen-bond donors (Lipinski definition) is 0. The average molecular weight is 582 g/mol. The molecule has 5 rings (SSSR count). The van der Waals surface area contributed by atoms with Gasteiger partial charge in [0, 0.05) is 30.9 Å². The molecule has 0 bridgehead atoms. The minimum absolute atomic E-state index is 0.290. The van der Waals surface area contributed by atoms with Crippen molar-refractivity contribution in [3.05, 3.63) is 97.9 Å². The Hall–Kier alpha value is -4.51. The molecule has 0 saturated heterocycles. The lowest BCUT2D eigenvalue weighted by atomic mass is 9.99. The fraction of sp³-hybridized carbons (Fsp3) is 0.241. The lowest BCUT2D eigenvalue weighted by molar-refractivity contribution is -0.130. The number of pyridine rings is 4.